The summed E-state index contributed by atoms with van der Waals surface area (Å²) in [7, 11) is 0. The summed E-state index contributed by atoms with van der Waals surface area (Å²) in [6.07, 6.45) is 2.08. The van der Waals surface area contributed by atoms with Crippen LogP contribution in [-0.2, 0) is 6.42 Å². The molecule has 0 atom stereocenters. The molecule has 108 valence electrons. The molecule has 1 aliphatic rings. The second-order valence-electron chi connectivity index (χ2n) is 5.31. The maximum atomic E-state index is 12.1. The average molecular weight is 281 g/mol. The second kappa shape index (κ2) is 5.87. The lowest BCUT2D eigenvalue weighted by Crippen LogP contribution is -2.22. The maximum absolute atomic E-state index is 12.1. The molecule has 2 aromatic rings. The van der Waals surface area contributed by atoms with Crippen LogP contribution in [0.3, 0.4) is 0 Å². The van der Waals surface area contributed by atoms with Crippen LogP contribution in [0.5, 0.6) is 0 Å². The first-order valence-electron chi connectivity index (χ1n) is 7.23. The number of carbonyl (C=O) groups is 1. The van der Waals surface area contributed by atoms with Gasteiger partial charge in [-0.3, -0.25) is 0 Å². The fraction of sp³-hybridized carbons (Fsp3) is 0.235. The van der Waals surface area contributed by atoms with Crippen LogP contribution in [0.2, 0.25) is 0 Å². The highest BCUT2D eigenvalue weighted by molar-refractivity contribution is 6.00. The first-order chi connectivity index (χ1) is 10.2. The Morgan fingerprint density at radius 1 is 1.14 bits per heavy atom. The Balaban J connectivity index is 1.73. The fourth-order valence-electron chi connectivity index (χ4n) is 2.63. The molecule has 2 amide bonds. The van der Waals surface area contributed by atoms with Crippen LogP contribution in [0.15, 0.2) is 42.5 Å². The Bertz CT molecular complexity index is 667. The second-order valence-corrected chi connectivity index (χ2v) is 5.31. The highest BCUT2D eigenvalue weighted by Crippen LogP contribution is 2.28. The number of amides is 2. The number of anilines is 3. The largest absolute Gasteiger partial charge is 0.385 e. The Hall–Kier alpha value is -2.49. The molecule has 3 rings (SSSR count). The first-order valence-corrected chi connectivity index (χ1v) is 7.23. The number of hydrogen-bond donors (Lipinski definition) is 3. The monoisotopic (exact) mass is 281 g/mol. The third kappa shape index (κ3) is 3.16. The van der Waals surface area contributed by atoms with Crippen molar-refractivity contribution < 1.29 is 4.79 Å². The zero-order valence-electron chi connectivity index (χ0n) is 12.1. The summed E-state index contributed by atoms with van der Waals surface area (Å²) in [4.78, 5) is 12.1. The number of aryl methyl sites for hydroxylation is 1. The van der Waals surface area contributed by atoms with E-state index in [0.717, 1.165) is 42.0 Å². The quantitative estimate of drug-likeness (QED) is 0.779. The maximum Gasteiger partial charge on any atom is 0.323 e. The molecule has 0 aliphatic carbocycles. The lowest BCUT2D eigenvalue weighted by Gasteiger charge is -2.21. The van der Waals surface area contributed by atoms with E-state index in [2.05, 4.69) is 22.0 Å². The minimum atomic E-state index is -0.209. The van der Waals surface area contributed by atoms with Gasteiger partial charge in [0.2, 0.25) is 0 Å². The summed E-state index contributed by atoms with van der Waals surface area (Å²) < 4.78 is 0. The minimum Gasteiger partial charge on any atom is -0.385 e. The Kier molecular flexibility index (Phi) is 3.77. The van der Waals surface area contributed by atoms with Crippen molar-refractivity contribution in [1.29, 1.82) is 0 Å². The van der Waals surface area contributed by atoms with Crippen molar-refractivity contribution in [1.82, 2.24) is 0 Å². The fourth-order valence-corrected chi connectivity index (χ4v) is 2.63. The van der Waals surface area contributed by atoms with Gasteiger partial charge >= 0.3 is 6.03 Å². The van der Waals surface area contributed by atoms with E-state index in [-0.39, 0.29) is 6.03 Å². The van der Waals surface area contributed by atoms with Gasteiger partial charge in [-0.2, -0.15) is 0 Å². The minimum absolute atomic E-state index is 0.209. The predicted molar refractivity (Wildman–Crippen MR) is 87.1 cm³/mol. The van der Waals surface area contributed by atoms with Crippen LogP contribution in [0.25, 0.3) is 0 Å². The van der Waals surface area contributed by atoms with Gasteiger partial charge in [0, 0.05) is 23.6 Å². The van der Waals surface area contributed by atoms with E-state index in [1.165, 1.54) is 5.56 Å². The molecule has 4 heteroatoms. The third-order valence-corrected chi connectivity index (χ3v) is 3.62. The number of benzene rings is 2. The van der Waals surface area contributed by atoms with Crippen molar-refractivity contribution in [2.45, 2.75) is 19.8 Å². The molecule has 1 heterocycles. The number of nitrogens with one attached hydrogen (secondary N) is 3. The molecule has 0 radical (unpaired) electrons. The normalized spacial score (nSPS) is 13.0. The van der Waals surface area contributed by atoms with Crippen LogP contribution in [0.4, 0.5) is 21.9 Å². The molecular weight excluding hydrogens is 262 g/mol. The molecule has 2 aromatic carbocycles. The molecule has 4 nitrogen and oxygen atoms in total. The SMILES string of the molecule is Cc1cccc(NC(=O)Nc2cccc3c2CCCN3)c1. The number of fused-ring (bicyclic) bond motifs is 1. The zero-order chi connectivity index (χ0) is 14.7. The van der Waals surface area contributed by atoms with Crippen molar-refractivity contribution in [2.24, 2.45) is 0 Å². The van der Waals surface area contributed by atoms with Crippen LogP contribution in [0.1, 0.15) is 17.5 Å². The van der Waals surface area contributed by atoms with Gasteiger partial charge in [-0.1, -0.05) is 18.2 Å². The summed E-state index contributed by atoms with van der Waals surface area (Å²) in [6.45, 7) is 2.99. The summed E-state index contributed by atoms with van der Waals surface area (Å²) >= 11 is 0. The third-order valence-electron chi connectivity index (χ3n) is 3.62. The molecule has 0 aromatic heterocycles. The molecule has 0 fully saturated rings. The first kappa shape index (κ1) is 13.5. The van der Waals surface area contributed by atoms with Gasteiger partial charge in [-0.05, 0) is 55.2 Å². The molecule has 1 aliphatic heterocycles. The number of urea groups is 1. The van der Waals surface area contributed by atoms with E-state index in [0.29, 0.717) is 0 Å². The molecule has 0 saturated heterocycles. The lowest BCUT2D eigenvalue weighted by atomic mass is 10.0. The summed E-state index contributed by atoms with van der Waals surface area (Å²) in [6, 6.07) is 13.5. The van der Waals surface area contributed by atoms with Crippen molar-refractivity contribution in [3.8, 4) is 0 Å². The molecular formula is C17H19N3O. The number of hydrogen-bond acceptors (Lipinski definition) is 2. The number of carbonyl (C=O) groups excluding carboxylic acids is 1. The van der Waals surface area contributed by atoms with E-state index in [9.17, 15) is 4.79 Å². The van der Waals surface area contributed by atoms with Crippen LogP contribution in [0, 0.1) is 6.92 Å². The molecule has 0 spiro atoms. The highest BCUT2D eigenvalue weighted by Gasteiger charge is 2.14. The van der Waals surface area contributed by atoms with Gasteiger partial charge in [0.25, 0.3) is 0 Å². The number of rotatable bonds is 2. The van der Waals surface area contributed by atoms with Crippen molar-refractivity contribution in [3.63, 3.8) is 0 Å². The van der Waals surface area contributed by atoms with E-state index in [1.54, 1.807) is 0 Å². The van der Waals surface area contributed by atoms with E-state index in [1.807, 2.05) is 43.3 Å². The van der Waals surface area contributed by atoms with Crippen molar-refractivity contribution in [2.75, 3.05) is 22.5 Å². The van der Waals surface area contributed by atoms with Crippen LogP contribution >= 0.6 is 0 Å². The summed E-state index contributed by atoms with van der Waals surface area (Å²) in [5.74, 6) is 0. The van der Waals surface area contributed by atoms with Crippen LogP contribution in [-0.4, -0.2) is 12.6 Å². The Morgan fingerprint density at radius 2 is 2.00 bits per heavy atom. The van der Waals surface area contributed by atoms with E-state index >= 15 is 0 Å². The van der Waals surface area contributed by atoms with Crippen molar-refractivity contribution >= 4 is 23.1 Å². The van der Waals surface area contributed by atoms with Gasteiger partial charge in [0.05, 0.1) is 0 Å². The van der Waals surface area contributed by atoms with E-state index in [4.69, 9.17) is 0 Å². The zero-order valence-corrected chi connectivity index (χ0v) is 12.1. The topological polar surface area (TPSA) is 53.2 Å². The van der Waals surface area contributed by atoms with Gasteiger partial charge in [0.1, 0.15) is 0 Å². The smallest absolute Gasteiger partial charge is 0.323 e. The Morgan fingerprint density at radius 3 is 2.86 bits per heavy atom. The molecule has 21 heavy (non-hydrogen) atoms. The molecule has 0 unspecified atom stereocenters. The Labute approximate surface area is 124 Å². The molecule has 3 N–H and O–H groups in total. The van der Waals surface area contributed by atoms with Gasteiger partial charge in [0.15, 0.2) is 0 Å². The van der Waals surface area contributed by atoms with Gasteiger partial charge in [-0.15, -0.1) is 0 Å². The lowest BCUT2D eigenvalue weighted by molar-refractivity contribution is 0.262. The van der Waals surface area contributed by atoms with Crippen LogP contribution < -0.4 is 16.0 Å². The van der Waals surface area contributed by atoms with Crippen molar-refractivity contribution in [3.05, 3.63) is 53.6 Å². The summed E-state index contributed by atoms with van der Waals surface area (Å²) in [5.41, 5.74) is 5.10. The summed E-state index contributed by atoms with van der Waals surface area (Å²) in [5, 5.41) is 9.18. The van der Waals surface area contributed by atoms with Gasteiger partial charge < -0.3 is 16.0 Å². The molecule has 0 saturated carbocycles. The molecule has 0 bridgehead atoms. The van der Waals surface area contributed by atoms with E-state index < -0.39 is 0 Å². The standard InChI is InChI=1S/C17H19N3O/c1-12-5-2-6-13(11-12)19-17(21)20-16-9-3-8-15-14(16)7-4-10-18-15/h2-3,5-6,8-9,11,18H,4,7,10H2,1H3,(H2,19,20,21). The van der Waals surface area contributed by atoms with Gasteiger partial charge in [-0.25, -0.2) is 4.79 Å². The highest BCUT2D eigenvalue weighted by atomic mass is 16.2. The predicted octanol–water partition coefficient (Wildman–Crippen LogP) is 4.00. The average Bonchev–Trinajstić information content (AvgIpc) is 2.47.